The summed E-state index contributed by atoms with van der Waals surface area (Å²) in [6.07, 6.45) is 27.7. The van der Waals surface area contributed by atoms with E-state index in [0.717, 1.165) is 23.7 Å². The molecule has 4 rings (SSSR count). The number of nitrogens with one attached hydrogen (secondary N) is 2. The van der Waals surface area contributed by atoms with Gasteiger partial charge in [-0.2, -0.15) is 0 Å². The van der Waals surface area contributed by atoms with Crippen LogP contribution in [0.2, 0.25) is 0 Å². The molecule has 3 atom stereocenters. The molecule has 0 saturated carbocycles. The van der Waals surface area contributed by atoms with Crippen LogP contribution < -0.4 is 10.6 Å². The van der Waals surface area contributed by atoms with Gasteiger partial charge in [-0.1, -0.05) is 132 Å². The molecule has 225 valence electrons. The number of para-hydroxylation sites is 2. The maximum Gasteiger partial charge on any atom is 0.0444 e. The molecule has 2 nitrogen and oxygen atoms in total. The molecule has 0 bridgehead atoms. The molecule has 0 amide bonds. The van der Waals surface area contributed by atoms with Crippen molar-refractivity contribution in [1.82, 2.24) is 0 Å². The van der Waals surface area contributed by atoms with Crippen molar-refractivity contribution in [2.24, 2.45) is 11.8 Å². The molecule has 0 fully saturated rings. The third-order valence-electron chi connectivity index (χ3n) is 8.93. The summed E-state index contributed by atoms with van der Waals surface area (Å²) < 4.78 is 0. The number of rotatable bonds is 20. The molecule has 42 heavy (non-hydrogen) atoms. The van der Waals surface area contributed by atoms with Crippen LogP contribution in [-0.4, -0.2) is 6.04 Å². The van der Waals surface area contributed by atoms with E-state index < -0.39 is 0 Å². The van der Waals surface area contributed by atoms with Crippen molar-refractivity contribution in [3.8, 4) is 0 Å². The summed E-state index contributed by atoms with van der Waals surface area (Å²) in [7, 11) is 0. The standard InChI is InChI=1S/C40H55N2/c1-2-3-4-5-6-7-8-9-10-11-14-19-35(36-28-32-40(33-29-36)42-38-22-17-13-18-23-38)27-24-34-25-30-39(31-26-34)41-37-20-15-12-16-21-37/h12-18,20-23,25-26,28,30-32,35-36,40-42H,2-11,19,24,27,29,33H2,1H3. The molecule has 0 aromatic heterocycles. The number of anilines is 3. The van der Waals surface area contributed by atoms with Gasteiger partial charge >= 0.3 is 0 Å². The van der Waals surface area contributed by atoms with E-state index in [1.165, 1.54) is 101 Å². The van der Waals surface area contributed by atoms with E-state index in [4.69, 9.17) is 0 Å². The molecule has 0 spiro atoms. The van der Waals surface area contributed by atoms with Gasteiger partial charge < -0.3 is 10.6 Å². The van der Waals surface area contributed by atoms with Gasteiger partial charge in [0.15, 0.2) is 0 Å². The van der Waals surface area contributed by atoms with Crippen molar-refractivity contribution in [1.29, 1.82) is 0 Å². The predicted molar refractivity (Wildman–Crippen MR) is 184 cm³/mol. The minimum Gasteiger partial charge on any atom is -0.379 e. The number of hydrogen-bond acceptors (Lipinski definition) is 2. The fourth-order valence-corrected chi connectivity index (χ4v) is 6.34. The van der Waals surface area contributed by atoms with E-state index in [1.54, 1.807) is 0 Å². The van der Waals surface area contributed by atoms with Gasteiger partial charge in [-0.3, -0.25) is 0 Å². The first kappa shape index (κ1) is 31.9. The Morgan fingerprint density at radius 1 is 0.667 bits per heavy atom. The highest BCUT2D eigenvalue weighted by Gasteiger charge is 2.23. The lowest BCUT2D eigenvalue weighted by Crippen LogP contribution is -2.25. The van der Waals surface area contributed by atoms with Crippen molar-refractivity contribution in [3.05, 3.63) is 109 Å². The maximum absolute atomic E-state index is 3.71. The van der Waals surface area contributed by atoms with E-state index in [1.807, 2.05) is 0 Å². The largest absolute Gasteiger partial charge is 0.379 e. The minimum absolute atomic E-state index is 0.444. The smallest absolute Gasteiger partial charge is 0.0444 e. The quantitative estimate of drug-likeness (QED) is 0.105. The second-order valence-corrected chi connectivity index (χ2v) is 12.4. The predicted octanol–water partition coefficient (Wildman–Crippen LogP) is 11.9. The zero-order valence-electron chi connectivity index (χ0n) is 26.2. The summed E-state index contributed by atoms with van der Waals surface area (Å²) in [5, 5.41) is 7.22. The zero-order chi connectivity index (χ0) is 29.1. The highest BCUT2D eigenvalue weighted by molar-refractivity contribution is 5.59. The highest BCUT2D eigenvalue weighted by atomic mass is 14.9. The Balaban J connectivity index is 1.23. The van der Waals surface area contributed by atoms with E-state index >= 15 is 0 Å². The minimum atomic E-state index is 0.444. The summed E-state index contributed by atoms with van der Waals surface area (Å²) >= 11 is 0. The van der Waals surface area contributed by atoms with E-state index in [2.05, 4.69) is 121 Å². The third kappa shape index (κ3) is 12.1. The van der Waals surface area contributed by atoms with Crippen LogP contribution in [0.1, 0.15) is 102 Å². The Morgan fingerprint density at radius 2 is 1.29 bits per heavy atom. The average Bonchev–Trinajstić information content (AvgIpc) is 3.03. The van der Waals surface area contributed by atoms with Crippen molar-refractivity contribution < 1.29 is 0 Å². The average molecular weight is 564 g/mol. The normalized spacial score (nSPS) is 17.2. The van der Waals surface area contributed by atoms with Crippen LogP contribution in [0.15, 0.2) is 97.1 Å². The van der Waals surface area contributed by atoms with Crippen LogP contribution in [0.3, 0.4) is 0 Å². The number of hydrogen-bond donors (Lipinski definition) is 2. The van der Waals surface area contributed by atoms with Gasteiger partial charge in [-0.25, -0.2) is 0 Å². The zero-order valence-corrected chi connectivity index (χ0v) is 26.2. The Kier molecular flexibility index (Phi) is 14.6. The molecule has 1 aliphatic carbocycles. The lowest BCUT2D eigenvalue weighted by Gasteiger charge is -2.30. The molecule has 3 unspecified atom stereocenters. The third-order valence-corrected chi connectivity index (χ3v) is 8.93. The highest BCUT2D eigenvalue weighted by Crippen LogP contribution is 2.33. The Labute approximate surface area is 257 Å². The molecule has 2 heteroatoms. The summed E-state index contributed by atoms with van der Waals surface area (Å²) in [5.74, 6) is 1.40. The first-order chi connectivity index (χ1) is 20.8. The number of unbranched alkanes of at least 4 members (excludes halogenated alkanes) is 10. The molecule has 1 radical (unpaired) electrons. The van der Waals surface area contributed by atoms with Crippen molar-refractivity contribution in [2.75, 3.05) is 10.6 Å². The molecule has 3 aromatic rings. The summed E-state index contributed by atoms with van der Waals surface area (Å²) in [6.45, 7) is 2.30. The second kappa shape index (κ2) is 19.2. The summed E-state index contributed by atoms with van der Waals surface area (Å²) in [5.41, 5.74) is 4.96. The number of allylic oxidation sites excluding steroid dienone is 1. The second-order valence-electron chi connectivity index (χ2n) is 12.4. The first-order valence-electron chi connectivity index (χ1n) is 17.0. The fraction of sp³-hybridized carbons (Fsp3) is 0.475. The topological polar surface area (TPSA) is 24.1 Å². The molecule has 1 aliphatic rings. The van der Waals surface area contributed by atoms with Gasteiger partial charge in [0.1, 0.15) is 0 Å². The summed E-state index contributed by atoms with van der Waals surface area (Å²) in [4.78, 5) is 0. The maximum atomic E-state index is 3.71. The lowest BCUT2D eigenvalue weighted by atomic mass is 9.77. The molecular formula is C40H55N2. The number of benzene rings is 3. The van der Waals surface area contributed by atoms with Crippen molar-refractivity contribution >= 4 is 17.1 Å². The van der Waals surface area contributed by atoms with Crippen LogP contribution >= 0.6 is 0 Å². The van der Waals surface area contributed by atoms with Crippen molar-refractivity contribution in [2.45, 2.75) is 109 Å². The molecular weight excluding hydrogens is 508 g/mol. The van der Waals surface area contributed by atoms with Gasteiger partial charge in [0, 0.05) is 23.1 Å². The molecule has 0 saturated heterocycles. The molecule has 2 N–H and O–H groups in total. The molecule has 3 aromatic carbocycles. The molecule has 0 aliphatic heterocycles. The monoisotopic (exact) mass is 563 g/mol. The van der Waals surface area contributed by atoms with Gasteiger partial charge in [0.2, 0.25) is 0 Å². The van der Waals surface area contributed by atoms with Gasteiger partial charge in [-0.05, 0) is 92.3 Å². The van der Waals surface area contributed by atoms with Gasteiger partial charge in [-0.15, -0.1) is 0 Å². The van der Waals surface area contributed by atoms with E-state index in [-0.39, 0.29) is 0 Å². The van der Waals surface area contributed by atoms with Crippen LogP contribution in [-0.2, 0) is 6.42 Å². The Morgan fingerprint density at radius 3 is 1.93 bits per heavy atom. The molecule has 0 heterocycles. The van der Waals surface area contributed by atoms with E-state index in [0.29, 0.717) is 12.0 Å². The van der Waals surface area contributed by atoms with Crippen LogP contribution in [0.5, 0.6) is 0 Å². The fourth-order valence-electron chi connectivity index (χ4n) is 6.34. The summed E-state index contributed by atoms with van der Waals surface area (Å²) in [6, 6.07) is 30.6. The van der Waals surface area contributed by atoms with Gasteiger partial charge in [0.25, 0.3) is 0 Å². The number of aryl methyl sites for hydroxylation is 1. The van der Waals surface area contributed by atoms with Crippen molar-refractivity contribution in [3.63, 3.8) is 0 Å². The Bertz CT molecular complexity index is 1110. The van der Waals surface area contributed by atoms with Crippen LogP contribution in [0.25, 0.3) is 0 Å². The SMILES string of the molecule is CCCCCCCCCCC[CH]CC(CCc1ccc(Nc2ccccc2)cc1)C1C=CC(Nc2ccccc2)CC1. The van der Waals surface area contributed by atoms with Crippen LogP contribution in [0, 0.1) is 18.3 Å². The van der Waals surface area contributed by atoms with Crippen LogP contribution in [0.4, 0.5) is 17.1 Å². The van der Waals surface area contributed by atoms with E-state index in [9.17, 15) is 0 Å². The van der Waals surface area contributed by atoms with Gasteiger partial charge in [0.05, 0.1) is 0 Å². The first-order valence-corrected chi connectivity index (χ1v) is 17.0. The lowest BCUT2D eigenvalue weighted by molar-refractivity contribution is 0.325. The Hall–Kier alpha value is -3.00.